The summed E-state index contributed by atoms with van der Waals surface area (Å²) in [6, 6.07) is 9.96. The molecule has 1 aromatic carbocycles. The molecule has 0 saturated carbocycles. The number of ether oxygens (including phenoxy) is 2. The molecule has 126 valence electrons. The molecule has 0 bridgehead atoms. The van der Waals surface area contributed by atoms with Crippen LogP contribution in [0.15, 0.2) is 42.7 Å². The highest BCUT2D eigenvalue weighted by Gasteiger charge is 2.17. The molecule has 1 amide bonds. The normalized spacial score (nSPS) is 15.0. The number of pyridine rings is 1. The van der Waals surface area contributed by atoms with Crippen molar-refractivity contribution in [3.05, 3.63) is 59.4 Å². The highest BCUT2D eigenvalue weighted by molar-refractivity contribution is 5.94. The van der Waals surface area contributed by atoms with Crippen LogP contribution in [0.1, 0.15) is 34.3 Å². The van der Waals surface area contributed by atoms with Gasteiger partial charge in [-0.3, -0.25) is 9.78 Å². The Balaban J connectivity index is 1.70. The summed E-state index contributed by atoms with van der Waals surface area (Å²) in [5.41, 5.74) is 2.65. The molecular weight excluding hydrogens is 304 g/mol. The number of rotatable bonds is 5. The fourth-order valence-electron chi connectivity index (χ4n) is 2.89. The molecule has 2 aromatic rings. The van der Waals surface area contributed by atoms with Crippen molar-refractivity contribution in [3.8, 4) is 5.75 Å². The van der Waals surface area contributed by atoms with E-state index < -0.39 is 0 Å². The monoisotopic (exact) mass is 326 g/mol. The van der Waals surface area contributed by atoms with E-state index in [1.807, 2.05) is 30.3 Å². The van der Waals surface area contributed by atoms with Gasteiger partial charge >= 0.3 is 0 Å². The third-order valence-electron chi connectivity index (χ3n) is 4.20. The fraction of sp³-hybridized carbons (Fsp3) is 0.368. The number of methoxy groups -OCH3 is 1. The predicted molar refractivity (Wildman–Crippen MR) is 91.3 cm³/mol. The largest absolute Gasteiger partial charge is 0.496 e. The molecule has 1 aliphatic rings. The van der Waals surface area contributed by atoms with Gasteiger partial charge in [0.2, 0.25) is 0 Å². The standard InChI is InChI=1S/C19H22N2O3/c1-23-18-5-3-2-4-15(18)10-14-11-16(13-20-12-14)19(22)21-17-6-8-24-9-7-17/h2-5,11-13,17H,6-10H2,1H3,(H,21,22). The summed E-state index contributed by atoms with van der Waals surface area (Å²) in [6.07, 6.45) is 5.80. The van der Waals surface area contributed by atoms with Crippen molar-refractivity contribution >= 4 is 5.91 Å². The van der Waals surface area contributed by atoms with E-state index in [4.69, 9.17) is 9.47 Å². The Morgan fingerprint density at radius 2 is 2.08 bits per heavy atom. The first-order valence-electron chi connectivity index (χ1n) is 8.20. The molecule has 3 rings (SSSR count). The van der Waals surface area contributed by atoms with Crippen LogP contribution in [0.3, 0.4) is 0 Å². The van der Waals surface area contributed by atoms with Crippen LogP contribution >= 0.6 is 0 Å². The Morgan fingerprint density at radius 3 is 2.88 bits per heavy atom. The van der Waals surface area contributed by atoms with Gasteiger partial charge in [0, 0.05) is 38.1 Å². The van der Waals surface area contributed by atoms with Gasteiger partial charge in [-0.1, -0.05) is 18.2 Å². The maximum atomic E-state index is 12.4. The van der Waals surface area contributed by atoms with E-state index in [1.54, 1.807) is 19.5 Å². The van der Waals surface area contributed by atoms with Crippen LogP contribution < -0.4 is 10.1 Å². The zero-order valence-corrected chi connectivity index (χ0v) is 13.8. The van der Waals surface area contributed by atoms with Crippen LogP contribution in [-0.4, -0.2) is 37.3 Å². The second kappa shape index (κ2) is 7.93. The van der Waals surface area contributed by atoms with Gasteiger partial charge in [-0.15, -0.1) is 0 Å². The number of nitrogens with zero attached hydrogens (tertiary/aromatic N) is 1. The van der Waals surface area contributed by atoms with Gasteiger partial charge in [-0.05, 0) is 36.1 Å². The molecule has 2 heterocycles. The van der Waals surface area contributed by atoms with E-state index in [2.05, 4.69) is 10.3 Å². The van der Waals surface area contributed by atoms with Crippen LogP contribution in [0.2, 0.25) is 0 Å². The lowest BCUT2D eigenvalue weighted by atomic mass is 10.0. The first-order valence-corrected chi connectivity index (χ1v) is 8.20. The first-order chi connectivity index (χ1) is 11.8. The molecule has 24 heavy (non-hydrogen) atoms. The smallest absolute Gasteiger partial charge is 0.253 e. The van der Waals surface area contributed by atoms with E-state index in [9.17, 15) is 4.79 Å². The Hall–Kier alpha value is -2.40. The van der Waals surface area contributed by atoms with Gasteiger partial charge in [-0.2, -0.15) is 0 Å². The molecule has 0 spiro atoms. The Morgan fingerprint density at radius 1 is 1.29 bits per heavy atom. The first kappa shape index (κ1) is 16.5. The molecule has 0 atom stereocenters. The second-order valence-corrected chi connectivity index (χ2v) is 5.93. The van der Waals surface area contributed by atoms with Crippen molar-refractivity contribution in [1.82, 2.24) is 10.3 Å². The van der Waals surface area contributed by atoms with Crippen LogP contribution in [0.4, 0.5) is 0 Å². The highest BCUT2D eigenvalue weighted by atomic mass is 16.5. The SMILES string of the molecule is COc1ccccc1Cc1cncc(C(=O)NC2CCOCC2)c1. The number of hydrogen-bond acceptors (Lipinski definition) is 4. The molecule has 1 N–H and O–H groups in total. The summed E-state index contributed by atoms with van der Waals surface area (Å²) in [5.74, 6) is 0.769. The number of nitrogens with one attached hydrogen (secondary N) is 1. The van der Waals surface area contributed by atoms with Crippen molar-refractivity contribution in [2.75, 3.05) is 20.3 Å². The number of amides is 1. The molecule has 0 aliphatic carbocycles. The highest BCUT2D eigenvalue weighted by Crippen LogP contribution is 2.21. The quantitative estimate of drug-likeness (QED) is 0.917. The zero-order valence-electron chi connectivity index (χ0n) is 13.8. The van der Waals surface area contributed by atoms with Crippen molar-refractivity contribution in [1.29, 1.82) is 0 Å². The van der Waals surface area contributed by atoms with E-state index in [-0.39, 0.29) is 11.9 Å². The molecule has 0 radical (unpaired) electrons. The van der Waals surface area contributed by atoms with Crippen LogP contribution in [-0.2, 0) is 11.2 Å². The average molecular weight is 326 g/mol. The second-order valence-electron chi connectivity index (χ2n) is 5.93. The molecule has 1 aromatic heterocycles. The number of hydrogen-bond donors (Lipinski definition) is 1. The topological polar surface area (TPSA) is 60.5 Å². The van der Waals surface area contributed by atoms with Crippen molar-refractivity contribution in [2.24, 2.45) is 0 Å². The Labute approximate surface area is 142 Å². The summed E-state index contributed by atoms with van der Waals surface area (Å²) in [6.45, 7) is 1.41. The Kier molecular flexibility index (Phi) is 5.43. The minimum absolute atomic E-state index is 0.0729. The van der Waals surface area contributed by atoms with Crippen molar-refractivity contribution < 1.29 is 14.3 Å². The molecule has 5 heteroatoms. The summed E-state index contributed by atoms with van der Waals surface area (Å²) in [4.78, 5) is 16.6. The van der Waals surface area contributed by atoms with E-state index in [0.29, 0.717) is 25.2 Å². The number of benzene rings is 1. The number of aromatic nitrogens is 1. The van der Waals surface area contributed by atoms with E-state index in [1.165, 1.54) is 0 Å². The lowest BCUT2D eigenvalue weighted by Gasteiger charge is -2.23. The molecule has 5 nitrogen and oxygen atoms in total. The minimum atomic E-state index is -0.0729. The van der Waals surface area contributed by atoms with E-state index in [0.717, 1.165) is 29.7 Å². The zero-order chi connectivity index (χ0) is 16.8. The summed E-state index contributed by atoms with van der Waals surface area (Å²) < 4.78 is 10.7. The number of para-hydroxylation sites is 1. The number of carbonyl (C=O) groups is 1. The Bertz CT molecular complexity index is 697. The van der Waals surface area contributed by atoms with Crippen LogP contribution in [0.5, 0.6) is 5.75 Å². The van der Waals surface area contributed by atoms with Gasteiger partial charge in [0.1, 0.15) is 5.75 Å². The number of carbonyl (C=O) groups excluding carboxylic acids is 1. The van der Waals surface area contributed by atoms with Crippen LogP contribution in [0, 0.1) is 0 Å². The molecule has 1 fully saturated rings. The lowest BCUT2D eigenvalue weighted by Crippen LogP contribution is -2.38. The van der Waals surface area contributed by atoms with Gasteiger partial charge in [0.25, 0.3) is 5.91 Å². The van der Waals surface area contributed by atoms with Crippen molar-refractivity contribution in [2.45, 2.75) is 25.3 Å². The third-order valence-corrected chi connectivity index (χ3v) is 4.20. The summed E-state index contributed by atoms with van der Waals surface area (Å²) in [5, 5.41) is 3.07. The maximum absolute atomic E-state index is 12.4. The molecule has 1 aliphatic heterocycles. The van der Waals surface area contributed by atoms with Gasteiger partial charge in [0.05, 0.1) is 12.7 Å². The van der Waals surface area contributed by atoms with Gasteiger partial charge in [-0.25, -0.2) is 0 Å². The lowest BCUT2D eigenvalue weighted by molar-refractivity contribution is 0.0696. The summed E-state index contributed by atoms with van der Waals surface area (Å²) in [7, 11) is 1.66. The van der Waals surface area contributed by atoms with Gasteiger partial charge in [0.15, 0.2) is 0 Å². The molecular formula is C19H22N2O3. The summed E-state index contributed by atoms with van der Waals surface area (Å²) >= 11 is 0. The van der Waals surface area contributed by atoms with Crippen molar-refractivity contribution in [3.63, 3.8) is 0 Å². The van der Waals surface area contributed by atoms with E-state index >= 15 is 0 Å². The van der Waals surface area contributed by atoms with Gasteiger partial charge < -0.3 is 14.8 Å². The van der Waals surface area contributed by atoms with Crippen LogP contribution in [0.25, 0.3) is 0 Å². The maximum Gasteiger partial charge on any atom is 0.253 e. The molecule has 1 saturated heterocycles. The predicted octanol–water partition coefficient (Wildman–Crippen LogP) is 2.59. The third kappa shape index (κ3) is 4.11. The molecule has 0 unspecified atom stereocenters. The fourth-order valence-corrected chi connectivity index (χ4v) is 2.89. The minimum Gasteiger partial charge on any atom is -0.496 e. The average Bonchev–Trinajstić information content (AvgIpc) is 2.63.